The second-order valence-electron chi connectivity index (χ2n) is 3.03. The van der Waals surface area contributed by atoms with Crippen molar-refractivity contribution >= 4 is 5.91 Å². The lowest BCUT2D eigenvalue weighted by Crippen LogP contribution is -3.10. The minimum absolute atomic E-state index is 0.108. The summed E-state index contributed by atoms with van der Waals surface area (Å²) in [6.45, 7) is 11.5. The van der Waals surface area contributed by atoms with E-state index in [0.717, 1.165) is 19.8 Å². The van der Waals surface area contributed by atoms with Gasteiger partial charge in [-0.25, -0.2) is 0 Å². The number of hydrogen-bond acceptors (Lipinski definition) is 2. The summed E-state index contributed by atoms with van der Waals surface area (Å²) in [5.74, 6) is 0.108. The van der Waals surface area contributed by atoms with Crippen LogP contribution in [0.4, 0.5) is 0 Å². The molecule has 0 saturated carbocycles. The van der Waals surface area contributed by atoms with E-state index in [0.29, 0.717) is 13.1 Å². The molecule has 4 heteroatoms. The summed E-state index contributed by atoms with van der Waals surface area (Å²) in [7, 11) is 1.99. The first-order valence-electron chi connectivity index (χ1n) is 5.86. The van der Waals surface area contributed by atoms with Crippen molar-refractivity contribution in [2.75, 3.05) is 39.9 Å². The Morgan fingerprint density at radius 1 is 1.33 bits per heavy atom. The molecule has 15 heavy (non-hydrogen) atoms. The van der Waals surface area contributed by atoms with Gasteiger partial charge in [0, 0.05) is 13.2 Å². The van der Waals surface area contributed by atoms with Crippen molar-refractivity contribution < 1.29 is 14.4 Å². The molecular formula is C11H27N2O2+. The smallest absolute Gasteiger partial charge is 0.275 e. The highest BCUT2D eigenvalue weighted by Crippen LogP contribution is 1.67. The molecule has 0 spiro atoms. The Morgan fingerprint density at radius 2 is 1.93 bits per heavy atom. The van der Waals surface area contributed by atoms with Gasteiger partial charge in [0.2, 0.25) is 0 Å². The van der Waals surface area contributed by atoms with Crippen LogP contribution in [0.2, 0.25) is 0 Å². The lowest BCUT2D eigenvalue weighted by atomic mass is 10.5. The molecule has 0 fully saturated rings. The third-order valence-electron chi connectivity index (χ3n) is 1.71. The van der Waals surface area contributed by atoms with Crippen LogP contribution in [0, 0.1) is 0 Å². The standard InChI is InChI=1S/C9H20N2O2.C2H6/c1-4-10-9(12)8-11(3)6-7-13-5-2;1-2/h4-8H2,1-3H3,(H,10,12);1-2H3/p+1. The van der Waals surface area contributed by atoms with Crippen LogP contribution in [-0.2, 0) is 9.53 Å². The Morgan fingerprint density at radius 3 is 2.40 bits per heavy atom. The van der Waals surface area contributed by atoms with Crippen molar-refractivity contribution in [3.05, 3.63) is 0 Å². The third-order valence-corrected chi connectivity index (χ3v) is 1.71. The summed E-state index contributed by atoms with van der Waals surface area (Å²) < 4.78 is 5.19. The fourth-order valence-electron chi connectivity index (χ4n) is 1.01. The molecule has 1 atom stereocenters. The van der Waals surface area contributed by atoms with Crippen molar-refractivity contribution in [3.63, 3.8) is 0 Å². The fourth-order valence-corrected chi connectivity index (χ4v) is 1.01. The SMILES string of the molecule is CC.CCNC(=O)C[NH+](C)CCOCC. The maximum absolute atomic E-state index is 11.1. The number of ether oxygens (including phenoxy) is 1. The maximum Gasteiger partial charge on any atom is 0.275 e. The number of amides is 1. The van der Waals surface area contributed by atoms with Crippen molar-refractivity contribution in [2.45, 2.75) is 27.7 Å². The highest BCUT2D eigenvalue weighted by Gasteiger charge is 2.07. The van der Waals surface area contributed by atoms with Gasteiger partial charge in [-0.05, 0) is 13.8 Å². The molecule has 0 aromatic carbocycles. The van der Waals surface area contributed by atoms with Crippen LogP contribution in [0.1, 0.15) is 27.7 Å². The Balaban J connectivity index is 0. The van der Waals surface area contributed by atoms with Gasteiger partial charge in [-0.3, -0.25) is 4.79 Å². The predicted octanol–water partition coefficient (Wildman–Crippen LogP) is -0.300. The number of carbonyl (C=O) groups excluding carboxylic acids is 1. The molecule has 0 radical (unpaired) electrons. The molecule has 1 amide bonds. The summed E-state index contributed by atoms with van der Waals surface area (Å²) in [4.78, 5) is 12.3. The van der Waals surface area contributed by atoms with Gasteiger partial charge >= 0.3 is 0 Å². The highest BCUT2D eigenvalue weighted by atomic mass is 16.5. The van der Waals surface area contributed by atoms with Crippen LogP contribution in [0.25, 0.3) is 0 Å². The summed E-state index contributed by atoms with van der Waals surface area (Å²) in [5.41, 5.74) is 0. The van der Waals surface area contributed by atoms with Gasteiger partial charge in [0.25, 0.3) is 5.91 Å². The Kier molecular flexibility index (Phi) is 15.0. The van der Waals surface area contributed by atoms with Crippen LogP contribution in [0.3, 0.4) is 0 Å². The second kappa shape index (κ2) is 13.4. The van der Waals surface area contributed by atoms with Crippen molar-refractivity contribution in [3.8, 4) is 0 Å². The van der Waals surface area contributed by atoms with Gasteiger partial charge in [-0.2, -0.15) is 0 Å². The number of nitrogens with one attached hydrogen (secondary N) is 2. The minimum Gasteiger partial charge on any atom is -0.376 e. The van der Waals surface area contributed by atoms with E-state index in [-0.39, 0.29) is 5.91 Å². The van der Waals surface area contributed by atoms with E-state index in [1.807, 2.05) is 34.7 Å². The first-order valence-corrected chi connectivity index (χ1v) is 5.86. The monoisotopic (exact) mass is 219 g/mol. The van der Waals surface area contributed by atoms with E-state index >= 15 is 0 Å². The van der Waals surface area contributed by atoms with Crippen molar-refractivity contribution in [1.82, 2.24) is 5.32 Å². The minimum atomic E-state index is 0.108. The second-order valence-corrected chi connectivity index (χ2v) is 3.03. The zero-order chi connectivity index (χ0) is 12.1. The fraction of sp³-hybridized carbons (Fsp3) is 0.909. The van der Waals surface area contributed by atoms with Crippen LogP contribution < -0.4 is 10.2 Å². The number of rotatable bonds is 7. The first kappa shape index (κ1) is 16.8. The average Bonchev–Trinajstić information content (AvgIpc) is 2.21. The van der Waals surface area contributed by atoms with Gasteiger partial charge in [0.15, 0.2) is 6.54 Å². The van der Waals surface area contributed by atoms with E-state index in [1.165, 1.54) is 4.90 Å². The molecule has 0 bridgehead atoms. The summed E-state index contributed by atoms with van der Waals surface area (Å²) in [6.07, 6.45) is 0. The molecule has 0 aliphatic rings. The van der Waals surface area contributed by atoms with E-state index in [2.05, 4.69) is 5.32 Å². The van der Waals surface area contributed by atoms with Crippen LogP contribution in [0.5, 0.6) is 0 Å². The van der Waals surface area contributed by atoms with Gasteiger partial charge in [0.1, 0.15) is 6.54 Å². The molecule has 0 aliphatic carbocycles. The topological polar surface area (TPSA) is 42.8 Å². The maximum atomic E-state index is 11.1. The highest BCUT2D eigenvalue weighted by molar-refractivity contribution is 5.76. The molecule has 0 rings (SSSR count). The van der Waals surface area contributed by atoms with Crippen molar-refractivity contribution in [1.29, 1.82) is 0 Å². The lowest BCUT2D eigenvalue weighted by molar-refractivity contribution is -0.871. The number of carbonyl (C=O) groups is 1. The van der Waals surface area contributed by atoms with Gasteiger partial charge in [-0.15, -0.1) is 0 Å². The molecule has 92 valence electrons. The molecule has 0 saturated heterocycles. The zero-order valence-electron chi connectivity index (χ0n) is 10.9. The largest absolute Gasteiger partial charge is 0.376 e. The molecule has 0 aromatic heterocycles. The number of likely N-dealkylation sites (N-methyl/N-ethyl adjacent to an activating group) is 2. The quantitative estimate of drug-likeness (QED) is 0.577. The Labute approximate surface area is 94.0 Å². The van der Waals surface area contributed by atoms with Crippen LogP contribution in [0.15, 0.2) is 0 Å². The summed E-state index contributed by atoms with van der Waals surface area (Å²) >= 11 is 0. The van der Waals surface area contributed by atoms with Crippen molar-refractivity contribution in [2.24, 2.45) is 0 Å². The molecule has 1 unspecified atom stereocenters. The molecule has 4 nitrogen and oxygen atoms in total. The van der Waals surface area contributed by atoms with E-state index in [1.54, 1.807) is 0 Å². The Bertz CT molecular complexity index is 141. The molecule has 0 aromatic rings. The summed E-state index contributed by atoms with van der Waals surface area (Å²) in [5, 5.41) is 2.77. The van der Waals surface area contributed by atoms with Gasteiger partial charge in [0.05, 0.1) is 13.7 Å². The molecular weight excluding hydrogens is 192 g/mol. The van der Waals surface area contributed by atoms with E-state index in [9.17, 15) is 4.79 Å². The number of quaternary nitrogens is 1. The number of hydrogen-bond donors (Lipinski definition) is 2. The normalized spacial score (nSPS) is 11.3. The zero-order valence-corrected chi connectivity index (χ0v) is 10.9. The average molecular weight is 219 g/mol. The first-order chi connectivity index (χ1) is 7.20. The van der Waals surface area contributed by atoms with Gasteiger partial charge < -0.3 is 15.0 Å². The summed E-state index contributed by atoms with van der Waals surface area (Å²) in [6, 6.07) is 0. The predicted molar refractivity (Wildman–Crippen MR) is 63.1 cm³/mol. The lowest BCUT2D eigenvalue weighted by Gasteiger charge is -2.12. The van der Waals surface area contributed by atoms with Gasteiger partial charge in [-0.1, -0.05) is 13.8 Å². The third kappa shape index (κ3) is 13.4. The molecule has 0 heterocycles. The van der Waals surface area contributed by atoms with Crippen LogP contribution >= 0.6 is 0 Å². The van der Waals surface area contributed by atoms with E-state index < -0.39 is 0 Å². The molecule has 0 aliphatic heterocycles. The molecule has 2 N–H and O–H groups in total. The van der Waals surface area contributed by atoms with Crippen LogP contribution in [-0.4, -0.2) is 45.8 Å². The van der Waals surface area contributed by atoms with E-state index in [4.69, 9.17) is 4.74 Å². The Hall–Kier alpha value is -0.610.